The molecule has 0 bridgehead atoms. The van der Waals surface area contributed by atoms with Crippen LogP contribution in [0.3, 0.4) is 0 Å². The van der Waals surface area contributed by atoms with E-state index in [1.807, 2.05) is 24.3 Å². The maximum atomic E-state index is 6.26. The standard InChI is InChI=1S/C17H16Cl2N2/c18-14-7-4-8-15(19)17(14)21-16-11-20-10-9-13(16)12-5-2-1-3-6-12/h1-9,16,20-21H,10-11H2. The van der Waals surface area contributed by atoms with Crippen LogP contribution >= 0.6 is 23.2 Å². The van der Waals surface area contributed by atoms with Crippen LogP contribution in [0.4, 0.5) is 5.69 Å². The van der Waals surface area contributed by atoms with Gasteiger partial charge in [0.1, 0.15) is 0 Å². The summed E-state index contributed by atoms with van der Waals surface area (Å²) in [5.41, 5.74) is 3.28. The van der Waals surface area contributed by atoms with Crippen molar-refractivity contribution in [2.45, 2.75) is 6.04 Å². The molecule has 0 fully saturated rings. The SMILES string of the molecule is Clc1cccc(Cl)c1NC1CNCC=C1c1ccccc1. The summed E-state index contributed by atoms with van der Waals surface area (Å²) < 4.78 is 0. The lowest BCUT2D eigenvalue weighted by molar-refractivity contribution is 0.692. The quantitative estimate of drug-likeness (QED) is 0.873. The Morgan fingerprint density at radius 2 is 1.67 bits per heavy atom. The average molecular weight is 319 g/mol. The molecule has 108 valence electrons. The van der Waals surface area contributed by atoms with E-state index in [0.29, 0.717) is 10.0 Å². The summed E-state index contributed by atoms with van der Waals surface area (Å²) in [4.78, 5) is 0. The summed E-state index contributed by atoms with van der Waals surface area (Å²) in [6.45, 7) is 1.71. The van der Waals surface area contributed by atoms with E-state index in [9.17, 15) is 0 Å². The highest BCUT2D eigenvalue weighted by Gasteiger charge is 2.20. The van der Waals surface area contributed by atoms with Crippen molar-refractivity contribution in [2.75, 3.05) is 18.4 Å². The van der Waals surface area contributed by atoms with Crippen LogP contribution in [0, 0.1) is 0 Å². The number of hydrogen-bond donors (Lipinski definition) is 2. The third-order valence-electron chi connectivity index (χ3n) is 3.58. The van der Waals surface area contributed by atoms with E-state index in [1.54, 1.807) is 0 Å². The molecule has 21 heavy (non-hydrogen) atoms. The first-order valence-electron chi connectivity index (χ1n) is 6.92. The summed E-state index contributed by atoms with van der Waals surface area (Å²) >= 11 is 12.5. The van der Waals surface area contributed by atoms with Gasteiger partial charge in [0.05, 0.1) is 21.8 Å². The fourth-order valence-electron chi connectivity index (χ4n) is 2.55. The minimum absolute atomic E-state index is 0.138. The third kappa shape index (κ3) is 3.24. The van der Waals surface area contributed by atoms with Crippen molar-refractivity contribution in [3.8, 4) is 0 Å². The molecule has 1 heterocycles. The summed E-state index contributed by atoms with van der Waals surface area (Å²) in [5.74, 6) is 0. The van der Waals surface area contributed by atoms with Gasteiger partial charge in [-0.2, -0.15) is 0 Å². The average Bonchev–Trinajstić information content (AvgIpc) is 2.52. The van der Waals surface area contributed by atoms with Gasteiger partial charge in [0.15, 0.2) is 0 Å². The van der Waals surface area contributed by atoms with Crippen LogP contribution in [-0.2, 0) is 0 Å². The first-order valence-corrected chi connectivity index (χ1v) is 7.68. The Kier molecular flexibility index (Phi) is 4.49. The summed E-state index contributed by atoms with van der Waals surface area (Å²) in [6, 6.07) is 16.1. The predicted octanol–water partition coefficient (Wildman–Crippen LogP) is 4.46. The number of nitrogens with one attached hydrogen (secondary N) is 2. The molecule has 1 aliphatic heterocycles. The van der Waals surface area contributed by atoms with E-state index >= 15 is 0 Å². The number of benzene rings is 2. The molecular formula is C17H16Cl2N2. The maximum absolute atomic E-state index is 6.26. The summed E-state index contributed by atoms with van der Waals surface area (Å²) in [7, 11) is 0. The lowest BCUT2D eigenvalue weighted by Crippen LogP contribution is -2.38. The zero-order chi connectivity index (χ0) is 14.7. The first-order chi connectivity index (χ1) is 10.3. The zero-order valence-electron chi connectivity index (χ0n) is 11.4. The largest absolute Gasteiger partial charge is 0.375 e. The molecule has 0 aromatic heterocycles. The molecule has 0 saturated carbocycles. The molecule has 1 aliphatic rings. The normalized spacial score (nSPS) is 18.2. The fourth-order valence-corrected chi connectivity index (χ4v) is 3.06. The number of halogens is 2. The molecule has 0 aliphatic carbocycles. The molecular weight excluding hydrogens is 303 g/mol. The van der Waals surface area contributed by atoms with Gasteiger partial charge in [-0.05, 0) is 23.3 Å². The second-order valence-corrected chi connectivity index (χ2v) is 5.79. The molecule has 3 rings (SSSR count). The molecule has 2 nitrogen and oxygen atoms in total. The van der Waals surface area contributed by atoms with Crippen molar-refractivity contribution in [2.24, 2.45) is 0 Å². The highest BCUT2D eigenvalue weighted by molar-refractivity contribution is 6.39. The van der Waals surface area contributed by atoms with Gasteiger partial charge < -0.3 is 10.6 Å². The van der Waals surface area contributed by atoms with E-state index in [4.69, 9.17) is 23.2 Å². The maximum Gasteiger partial charge on any atom is 0.0724 e. The topological polar surface area (TPSA) is 24.1 Å². The lowest BCUT2D eigenvalue weighted by atomic mass is 9.95. The van der Waals surface area contributed by atoms with Crippen molar-refractivity contribution < 1.29 is 0 Å². The van der Waals surface area contributed by atoms with Gasteiger partial charge in [-0.3, -0.25) is 0 Å². The van der Waals surface area contributed by atoms with E-state index in [2.05, 4.69) is 41.0 Å². The molecule has 1 unspecified atom stereocenters. The van der Waals surface area contributed by atoms with Crippen molar-refractivity contribution in [3.05, 3.63) is 70.2 Å². The predicted molar refractivity (Wildman–Crippen MR) is 91.2 cm³/mol. The zero-order valence-corrected chi connectivity index (χ0v) is 13.0. The Morgan fingerprint density at radius 1 is 0.952 bits per heavy atom. The Labute approximate surface area is 134 Å². The molecule has 1 atom stereocenters. The molecule has 2 aromatic rings. The Balaban J connectivity index is 1.90. The number of anilines is 1. The number of rotatable bonds is 3. The number of para-hydroxylation sites is 1. The summed E-state index contributed by atoms with van der Waals surface area (Å²) in [6.07, 6.45) is 2.21. The minimum atomic E-state index is 0.138. The lowest BCUT2D eigenvalue weighted by Gasteiger charge is -2.28. The van der Waals surface area contributed by atoms with E-state index in [0.717, 1.165) is 18.8 Å². The Morgan fingerprint density at radius 3 is 2.38 bits per heavy atom. The highest BCUT2D eigenvalue weighted by Crippen LogP contribution is 2.32. The highest BCUT2D eigenvalue weighted by atomic mass is 35.5. The molecule has 0 saturated heterocycles. The number of hydrogen-bond acceptors (Lipinski definition) is 2. The van der Waals surface area contributed by atoms with Crippen molar-refractivity contribution in [3.63, 3.8) is 0 Å². The van der Waals surface area contributed by atoms with Gasteiger partial charge in [0, 0.05) is 13.1 Å². The molecule has 0 spiro atoms. The second-order valence-electron chi connectivity index (χ2n) is 4.98. The minimum Gasteiger partial charge on any atom is -0.375 e. The monoisotopic (exact) mass is 318 g/mol. The smallest absolute Gasteiger partial charge is 0.0724 e. The van der Waals surface area contributed by atoms with Gasteiger partial charge >= 0.3 is 0 Å². The van der Waals surface area contributed by atoms with Crippen molar-refractivity contribution >= 4 is 34.5 Å². The molecule has 4 heteroatoms. The van der Waals surface area contributed by atoms with Gasteiger partial charge in [-0.15, -0.1) is 0 Å². The molecule has 2 N–H and O–H groups in total. The van der Waals surface area contributed by atoms with Crippen molar-refractivity contribution in [1.82, 2.24) is 5.32 Å². The fraction of sp³-hybridized carbons (Fsp3) is 0.176. The van der Waals surface area contributed by atoms with Crippen LogP contribution in [-0.4, -0.2) is 19.1 Å². The van der Waals surface area contributed by atoms with E-state index in [1.165, 1.54) is 11.1 Å². The van der Waals surface area contributed by atoms with Crippen LogP contribution in [0.25, 0.3) is 5.57 Å². The Bertz CT molecular complexity index is 633. The van der Waals surface area contributed by atoms with Crippen LogP contribution in [0.2, 0.25) is 10.0 Å². The van der Waals surface area contributed by atoms with Gasteiger partial charge in [-0.25, -0.2) is 0 Å². The van der Waals surface area contributed by atoms with Gasteiger partial charge in [0.2, 0.25) is 0 Å². The Hall–Kier alpha value is -1.48. The third-order valence-corrected chi connectivity index (χ3v) is 4.21. The second kappa shape index (κ2) is 6.52. The van der Waals surface area contributed by atoms with Crippen LogP contribution < -0.4 is 10.6 Å². The molecule has 0 amide bonds. The van der Waals surface area contributed by atoms with E-state index in [-0.39, 0.29) is 6.04 Å². The van der Waals surface area contributed by atoms with Crippen molar-refractivity contribution in [1.29, 1.82) is 0 Å². The van der Waals surface area contributed by atoms with Crippen LogP contribution in [0.15, 0.2) is 54.6 Å². The first kappa shape index (κ1) is 14.5. The summed E-state index contributed by atoms with van der Waals surface area (Å²) in [5, 5.41) is 8.12. The van der Waals surface area contributed by atoms with Crippen LogP contribution in [0.5, 0.6) is 0 Å². The van der Waals surface area contributed by atoms with Gasteiger partial charge in [-0.1, -0.05) is 65.7 Å². The van der Waals surface area contributed by atoms with Gasteiger partial charge in [0.25, 0.3) is 0 Å². The van der Waals surface area contributed by atoms with E-state index < -0.39 is 0 Å². The molecule has 0 radical (unpaired) electrons. The molecule has 2 aromatic carbocycles. The van der Waals surface area contributed by atoms with Crippen LogP contribution in [0.1, 0.15) is 5.56 Å².